The van der Waals surface area contributed by atoms with E-state index < -0.39 is 5.97 Å². The third kappa shape index (κ3) is 3.04. The lowest BCUT2D eigenvalue weighted by atomic mass is 10.2. The van der Waals surface area contributed by atoms with E-state index >= 15 is 0 Å². The van der Waals surface area contributed by atoms with Crippen LogP contribution in [0, 0.1) is 3.57 Å². The molecule has 1 aromatic heterocycles. The van der Waals surface area contributed by atoms with Gasteiger partial charge in [-0.3, -0.25) is 4.90 Å². The van der Waals surface area contributed by atoms with Crippen molar-refractivity contribution in [1.29, 1.82) is 0 Å². The van der Waals surface area contributed by atoms with E-state index in [1.807, 2.05) is 10.8 Å². The first-order valence-electron chi connectivity index (χ1n) is 5.95. The monoisotopic (exact) mass is 363 g/mol. The lowest BCUT2D eigenvalue weighted by Crippen LogP contribution is -2.51. The van der Waals surface area contributed by atoms with Crippen LogP contribution in [0.1, 0.15) is 10.5 Å². The van der Waals surface area contributed by atoms with Crippen molar-refractivity contribution in [3.05, 3.63) is 21.5 Å². The van der Waals surface area contributed by atoms with Crippen molar-refractivity contribution in [2.45, 2.75) is 12.6 Å². The molecule has 1 saturated heterocycles. The van der Waals surface area contributed by atoms with Crippen LogP contribution in [0.15, 0.2) is 12.3 Å². The number of hydrogen-bond acceptors (Lipinski definition) is 3. The van der Waals surface area contributed by atoms with Crippen LogP contribution in [0.4, 0.5) is 0 Å². The molecule has 1 N–H and O–H groups in total. The highest BCUT2D eigenvalue weighted by molar-refractivity contribution is 14.1. The average molecular weight is 363 g/mol. The predicted molar refractivity (Wildman–Crippen MR) is 78.0 cm³/mol. The number of rotatable bonds is 3. The predicted octanol–water partition coefficient (Wildman–Crippen LogP) is 1.04. The second kappa shape index (κ2) is 5.58. The summed E-state index contributed by atoms with van der Waals surface area (Å²) in [6.45, 7) is 3.81. The molecule has 0 bridgehead atoms. The first kappa shape index (κ1) is 13.8. The van der Waals surface area contributed by atoms with Crippen LogP contribution < -0.4 is 0 Å². The lowest BCUT2D eigenvalue weighted by molar-refractivity contribution is 0.0675. The Morgan fingerprint density at radius 3 is 2.89 bits per heavy atom. The van der Waals surface area contributed by atoms with Crippen molar-refractivity contribution in [2.75, 3.05) is 33.7 Å². The van der Waals surface area contributed by atoms with Crippen LogP contribution in [0.3, 0.4) is 0 Å². The quantitative estimate of drug-likeness (QED) is 0.816. The number of piperazine rings is 1. The smallest absolute Gasteiger partial charge is 0.352 e. The van der Waals surface area contributed by atoms with Crippen molar-refractivity contribution in [2.24, 2.45) is 0 Å². The molecule has 2 heterocycles. The Hall–Kier alpha value is -0.600. The Morgan fingerprint density at radius 2 is 2.22 bits per heavy atom. The highest BCUT2D eigenvalue weighted by atomic mass is 127. The van der Waals surface area contributed by atoms with Crippen LogP contribution >= 0.6 is 22.6 Å². The van der Waals surface area contributed by atoms with Gasteiger partial charge in [0.15, 0.2) is 0 Å². The summed E-state index contributed by atoms with van der Waals surface area (Å²) in [7, 11) is 4.21. The van der Waals surface area contributed by atoms with Gasteiger partial charge >= 0.3 is 5.97 Å². The van der Waals surface area contributed by atoms with E-state index in [1.54, 1.807) is 6.07 Å². The normalized spacial score (nSPS) is 22.3. The zero-order valence-electron chi connectivity index (χ0n) is 10.6. The van der Waals surface area contributed by atoms with Gasteiger partial charge in [-0.25, -0.2) is 4.79 Å². The first-order valence-corrected chi connectivity index (χ1v) is 7.03. The summed E-state index contributed by atoms with van der Waals surface area (Å²) in [6, 6.07) is 2.08. The van der Waals surface area contributed by atoms with Gasteiger partial charge in [-0.05, 0) is 42.8 Å². The summed E-state index contributed by atoms with van der Waals surface area (Å²) in [6.07, 6.45) is 1.91. The minimum Gasteiger partial charge on any atom is -0.477 e. The SMILES string of the molecule is CN1CCN(C)C(Cn2cc(I)cc2C(=O)O)C1. The van der Waals surface area contributed by atoms with Gasteiger partial charge in [0.1, 0.15) is 5.69 Å². The fourth-order valence-electron chi connectivity index (χ4n) is 2.33. The summed E-state index contributed by atoms with van der Waals surface area (Å²) in [4.78, 5) is 15.8. The number of likely N-dealkylation sites (N-methyl/N-ethyl adjacent to an activating group) is 2. The van der Waals surface area contributed by atoms with Gasteiger partial charge in [0, 0.05) is 42.0 Å². The van der Waals surface area contributed by atoms with Crippen molar-refractivity contribution < 1.29 is 9.90 Å². The maximum atomic E-state index is 11.2. The number of halogens is 1. The Balaban J connectivity index is 2.15. The molecule has 1 aromatic rings. The van der Waals surface area contributed by atoms with Gasteiger partial charge in [0.25, 0.3) is 0 Å². The van der Waals surface area contributed by atoms with E-state index in [0.29, 0.717) is 11.7 Å². The van der Waals surface area contributed by atoms with E-state index in [9.17, 15) is 9.90 Å². The maximum absolute atomic E-state index is 11.2. The van der Waals surface area contributed by atoms with Crippen LogP contribution in [0.5, 0.6) is 0 Å². The molecule has 0 amide bonds. The van der Waals surface area contributed by atoms with Gasteiger partial charge in [0.05, 0.1) is 0 Å². The second-order valence-corrected chi connectivity index (χ2v) is 6.14. The molecule has 0 saturated carbocycles. The molecule has 0 aliphatic carbocycles. The molecule has 1 aliphatic rings. The van der Waals surface area contributed by atoms with Gasteiger partial charge < -0.3 is 14.6 Å². The minimum atomic E-state index is -0.857. The van der Waals surface area contributed by atoms with Gasteiger partial charge in [-0.2, -0.15) is 0 Å². The number of carboxylic acid groups (broad SMARTS) is 1. The Kier molecular flexibility index (Phi) is 4.29. The number of aromatic carboxylic acids is 1. The number of hydrogen-bond donors (Lipinski definition) is 1. The highest BCUT2D eigenvalue weighted by Crippen LogP contribution is 2.15. The van der Waals surface area contributed by atoms with Crippen LogP contribution in [0.2, 0.25) is 0 Å². The van der Waals surface area contributed by atoms with Crippen molar-refractivity contribution in [3.63, 3.8) is 0 Å². The van der Waals surface area contributed by atoms with E-state index in [2.05, 4.69) is 46.5 Å². The van der Waals surface area contributed by atoms with E-state index in [4.69, 9.17) is 0 Å². The summed E-state index contributed by atoms with van der Waals surface area (Å²) in [5, 5.41) is 9.18. The summed E-state index contributed by atoms with van der Waals surface area (Å²) < 4.78 is 2.82. The zero-order chi connectivity index (χ0) is 13.3. The average Bonchev–Trinajstić information content (AvgIpc) is 2.65. The molecule has 2 rings (SSSR count). The van der Waals surface area contributed by atoms with Crippen LogP contribution in [-0.4, -0.2) is 65.2 Å². The van der Waals surface area contributed by atoms with Crippen molar-refractivity contribution >= 4 is 28.6 Å². The van der Waals surface area contributed by atoms with E-state index in [-0.39, 0.29) is 0 Å². The summed E-state index contributed by atoms with van der Waals surface area (Å²) >= 11 is 2.15. The van der Waals surface area contributed by atoms with Crippen molar-refractivity contribution in [3.8, 4) is 0 Å². The molecule has 1 aliphatic heterocycles. The second-order valence-electron chi connectivity index (χ2n) is 4.90. The largest absolute Gasteiger partial charge is 0.477 e. The maximum Gasteiger partial charge on any atom is 0.352 e. The van der Waals surface area contributed by atoms with Gasteiger partial charge in [-0.15, -0.1) is 0 Å². The van der Waals surface area contributed by atoms with Crippen LogP contribution in [0.25, 0.3) is 0 Å². The topological polar surface area (TPSA) is 48.7 Å². The summed E-state index contributed by atoms with van der Waals surface area (Å²) in [5.74, 6) is -0.857. The Bertz CT molecular complexity index is 447. The number of carbonyl (C=O) groups is 1. The molecule has 1 atom stereocenters. The molecule has 0 radical (unpaired) electrons. The van der Waals surface area contributed by atoms with Crippen molar-refractivity contribution in [1.82, 2.24) is 14.4 Å². The fourth-order valence-corrected chi connectivity index (χ4v) is 2.96. The number of nitrogens with zero attached hydrogens (tertiary/aromatic N) is 3. The van der Waals surface area contributed by atoms with Gasteiger partial charge in [-0.1, -0.05) is 0 Å². The molecule has 18 heavy (non-hydrogen) atoms. The lowest BCUT2D eigenvalue weighted by Gasteiger charge is -2.38. The summed E-state index contributed by atoms with van der Waals surface area (Å²) in [5.41, 5.74) is 0.376. The third-order valence-electron chi connectivity index (χ3n) is 3.47. The third-order valence-corrected chi connectivity index (χ3v) is 4.06. The molecule has 100 valence electrons. The standard InChI is InChI=1S/C12H18IN3O2/c1-14-3-4-15(2)10(7-14)8-16-6-9(13)5-11(16)12(17)18/h5-6,10H,3-4,7-8H2,1-2H3,(H,17,18). The molecule has 0 aromatic carbocycles. The molecular formula is C12H18IN3O2. The molecule has 1 fully saturated rings. The number of carboxylic acids is 1. The molecule has 5 nitrogen and oxygen atoms in total. The molecule has 1 unspecified atom stereocenters. The fraction of sp³-hybridized carbons (Fsp3) is 0.583. The Labute approximate surface area is 121 Å². The van der Waals surface area contributed by atoms with E-state index in [0.717, 1.165) is 29.7 Å². The van der Waals surface area contributed by atoms with Crippen LogP contribution in [-0.2, 0) is 6.54 Å². The number of aromatic nitrogens is 1. The van der Waals surface area contributed by atoms with Gasteiger partial charge in [0.2, 0.25) is 0 Å². The minimum absolute atomic E-state index is 0.366. The molecule has 6 heteroatoms. The van der Waals surface area contributed by atoms with E-state index in [1.165, 1.54) is 0 Å². The molecular weight excluding hydrogens is 345 g/mol. The molecule has 0 spiro atoms. The highest BCUT2D eigenvalue weighted by Gasteiger charge is 2.24. The first-order chi connectivity index (χ1) is 8.47. The zero-order valence-corrected chi connectivity index (χ0v) is 12.8. The Morgan fingerprint density at radius 1 is 1.50 bits per heavy atom.